The lowest BCUT2D eigenvalue weighted by Crippen LogP contribution is -2.41. The van der Waals surface area contributed by atoms with Crippen LogP contribution in [0.5, 0.6) is 11.5 Å². The third-order valence-corrected chi connectivity index (χ3v) is 6.51. The van der Waals surface area contributed by atoms with Gasteiger partial charge in [-0.3, -0.25) is 9.69 Å². The minimum absolute atomic E-state index is 0.0791. The molecule has 1 aromatic carbocycles. The molecular weight excluding hydrogens is 446 g/mol. The van der Waals surface area contributed by atoms with Gasteiger partial charge in [-0.15, -0.1) is 0 Å². The number of hydrogen-bond acceptors (Lipinski definition) is 6. The van der Waals surface area contributed by atoms with E-state index in [2.05, 4.69) is 13.8 Å². The number of benzene rings is 1. The van der Waals surface area contributed by atoms with Crippen LogP contribution in [-0.4, -0.2) is 45.0 Å². The Morgan fingerprint density at radius 1 is 1.19 bits per heavy atom. The molecule has 0 aromatic heterocycles. The monoisotopic (exact) mass is 479 g/mol. The Hall–Kier alpha value is -2.06. The van der Waals surface area contributed by atoms with Crippen molar-refractivity contribution < 1.29 is 24.2 Å². The van der Waals surface area contributed by atoms with Crippen LogP contribution in [-0.2, 0) is 9.59 Å². The molecule has 1 heterocycles. The summed E-state index contributed by atoms with van der Waals surface area (Å²) in [5, 5.41) is 9.23. The van der Waals surface area contributed by atoms with E-state index in [0.29, 0.717) is 23.0 Å². The van der Waals surface area contributed by atoms with E-state index in [9.17, 15) is 14.7 Å². The van der Waals surface area contributed by atoms with E-state index < -0.39 is 17.9 Å². The molecule has 8 heteroatoms. The summed E-state index contributed by atoms with van der Waals surface area (Å²) in [7, 11) is 0. The van der Waals surface area contributed by atoms with Gasteiger partial charge in [0.25, 0.3) is 5.91 Å². The summed E-state index contributed by atoms with van der Waals surface area (Å²) < 4.78 is 12.2. The molecular formula is C24H33NO5S2. The third kappa shape index (κ3) is 7.24. The van der Waals surface area contributed by atoms with Gasteiger partial charge in [0.2, 0.25) is 0 Å². The standard InChI is InChI=1S/C24H33NO5S2/c1-5-7-8-9-10-11-16(3)30-19-13-12-18(14-20(19)29-6-2)15-21-22(26)25(24(31)32-21)17(4)23(27)28/h12-17H,5-11H2,1-4H3,(H,27,28)/b21-15+/t16-,17+/m1/s1. The Morgan fingerprint density at radius 3 is 2.56 bits per heavy atom. The number of aliphatic carboxylic acids is 1. The highest BCUT2D eigenvalue weighted by molar-refractivity contribution is 8.26. The van der Waals surface area contributed by atoms with Crippen LogP contribution in [0.2, 0.25) is 0 Å². The van der Waals surface area contributed by atoms with Crippen LogP contribution in [0.15, 0.2) is 23.1 Å². The van der Waals surface area contributed by atoms with Crippen LogP contribution in [0.4, 0.5) is 0 Å². The number of amides is 1. The second-order valence-corrected chi connectivity index (χ2v) is 9.51. The number of carbonyl (C=O) groups excluding carboxylic acids is 1. The maximum absolute atomic E-state index is 12.7. The first-order valence-electron chi connectivity index (χ1n) is 11.2. The van der Waals surface area contributed by atoms with Crippen LogP contribution < -0.4 is 9.47 Å². The number of thioether (sulfide) groups is 1. The van der Waals surface area contributed by atoms with Gasteiger partial charge >= 0.3 is 5.97 Å². The number of rotatable bonds is 13. The number of carbonyl (C=O) groups is 2. The SMILES string of the molecule is CCCCCCC[C@@H](C)Oc1ccc(/C=C2/SC(=S)N([C@@H](C)C(=O)O)C2=O)cc1OCC. The van der Waals surface area contributed by atoms with Crippen molar-refractivity contribution >= 4 is 46.3 Å². The van der Waals surface area contributed by atoms with Gasteiger partial charge in [-0.1, -0.05) is 62.7 Å². The molecule has 1 aromatic rings. The highest BCUT2D eigenvalue weighted by Gasteiger charge is 2.38. The zero-order chi connectivity index (χ0) is 23.7. The second-order valence-electron chi connectivity index (χ2n) is 7.84. The molecule has 176 valence electrons. The third-order valence-electron chi connectivity index (χ3n) is 5.18. The van der Waals surface area contributed by atoms with Crippen molar-refractivity contribution in [3.05, 3.63) is 28.7 Å². The summed E-state index contributed by atoms with van der Waals surface area (Å²) in [4.78, 5) is 25.5. The molecule has 0 aliphatic carbocycles. The van der Waals surface area contributed by atoms with Gasteiger partial charge in [-0.2, -0.15) is 0 Å². The minimum Gasteiger partial charge on any atom is -0.490 e. The van der Waals surface area contributed by atoms with E-state index in [1.54, 1.807) is 6.08 Å². The Balaban J connectivity index is 2.11. The summed E-state index contributed by atoms with van der Waals surface area (Å²) in [6.45, 7) is 8.12. The summed E-state index contributed by atoms with van der Waals surface area (Å²) in [6, 6.07) is 4.54. The molecule has 1 saturated heterocycles. The van der Waals surface area contributed by atoms with E-state index in [1.165, 1.54) is 32.6 Å². The lowest BCUT2D eigenvalue weighted by Gasteiger charge is -2.19. The van der Waals surface area contributed by atoms with Crippen LogP contribution >= 0.6 is 24.0 Å². The number of ether oxygens (including phenoxy) is 2. The van der Waals surface area contributed by atoms with Crippen LogP contribution in [0.1, 0.15) is 71.8 Å². The molecule has 0 unspecified atom stereocenters. The normalized spacial score (nSPS) is 17.0. The number of nitrogens with zero attached hydrogens (tertiary/aromatic N) is 1. The van der Waals surface area contributed by atoms with Crippen molar-refractivity contribution in [2.24, 2.45) is 0 Å². The Bertz CT molecular complexity index is 855. The van der Waals surface area contributed by atoms with Gasteiger partial charge < -0.3 is 14.6 Å². The average Bonchev–Trinajstić information content (AvgIpc) is 3.02. The van der Waals surface area contributed by atoms with Crippen LogP contribution in [0.25, 0.3) is 6.08 Å². The van der Waals surface area contributed by atoms with Crippen molar-refractivity contribution in [3.8, 4) is 11.5 Å². The Labute approximate surface area is 200 Å². The quantitative estimate of drug-likeness (QED) is 0.215. The topological polar surface area (TPSA) is 76.1 Å². The molecule has 0 radical (unpaired) electrons. The van der Waals surface area contributed by atoms with E-state index in [0.717, 1.165) is 35.1 Å². The van der Waals surface area contributed by atoms with Gasteiger partial charge in [-0.05, 0) is 57.4 Å². The van der Waals surface area contributed by atoms with Crippen molar-refractivity contribution in [1.29, 1.82) is 0 Å². The molecule has 0 bridgehead atoms. The second kappa shape index (κ2) is 12.8. The number of carboxylic acids is 1. The smallest absolute Gasteiger partial charge is 0.326 e. The zero-order valence-electron chi connectivity index (χ0n) is 19.3. The molecule has 0 saturated carbocycles. The van der Waals surface area contributed by atoms with Crippen LogP contribution in [0, 0.1) is 0 Å². The van der Waals surface area contributed by atoms with Crippen molar-refractivity contribution in [3.63, 3.8) is 0 Å². The molecule has 2 rings (SSSR count). The number of thiocarbonyl (C=S) groups is 1. The highest BCUT2D eigenvalue weighted by atomic mass is 32.2. The lowest BCUT2D eigenvalue weighted by atomic mass is 10.1. The first-order chi connectivity index (χ1) is 15.3. The van der Waals surface area contributed by atoms with E-state index in [4.69, 9.17) is 21.7 Å². The van der Waals surface area contributed by atoms with Gasteiger partial charge in [0.1, 0.15) is 10.4 Å². The number of carboxylic acid groups (broad SMARTS) is 1. The molecule has 2 atom stereocenters. The minimum atomic E-state index is -1.10. The molecule has 1 aliphatic heterocycles. The molecule has 32 heavy (non-hydrogen) atoms. The maximum atomic E-state index is 12.7. The zero-order valence-corrected chi connectivity index (χ0v) is 20.9. The van der Waals surface area contributed by atoms with E-state index in [-0.39, 0.29) is 10.4 Å². The fourth-order valence-electron chi connectivity index (χ4n) is 3.37. The van der Waals surface area contributed by atoms with E-state index >= 15 is 0 Å². The fourth-order valence-corrected chi connectivity index (χ4v) is 4.79. The first kappa shape index (κ1) is 26.2. The average molecular weight is 480 g/mol. The molecule has 0 spiro atoms. The summed E-state index contributed by atoms with van der Waals surface area (Å²) in [6.07, 6.45) is 8.91. The van der Waals surface area contributed by atoms with Crippen LogP contribution in [0.3, 0.4) is 0 Å². The van der Waals surface area contributed by atoms with Gasteiger partial charge in [0, 0.05) is 0 Å². The highest BCUT2D eigenvalue weighted by Crippen LogP contribution is 2.36. The summed E-state index contributed by atoms with van der Waals surface area (Å²) in [5.41, 5.74) is 0.761. The molecule has 6 nitrogen and oxygen atoms in total. The Kier molecular flexibility index (Phi) is 10.5. The maximum Gasteiger partial charge on any atom is 0.326 e. The van der Waals surface area contributed by atoms with E-state index in [1.807, 2.05) is 25.1 Å². The number of hydrogen-bond donors (Lipinski definition) is 1. The molecule has 1 N–H and O–H groups in total. The van der Waals surface area contributed by atoms with Crippen molar-refractivity contribution in [2.45, 2.75) is 78.4 Å². The largest absolute Gasteiger partial charge is 0.490 e. The Morgan fingerprint density at radius 2 is 1.91 bits per heavy atom. The molecule has 1 fully saturated rings. The van der Waals surface area contributed by atoms with Gasteiger partial charge in [-0.25, -0.2) is 4.79 Å². The molecule has 1 aliphatic rings. The molecule has 1 amide bonds. The summed E-state index contributed by atoms with van der Waals surface area (Å²) >= 11 is 6.32. The predicted octanol–water partition coefficient (Wildman–Crippen LogP) is 5.89. The lowest BCUT2D eigenvalue weighted by molar-refractivity contribution is -0.144. The number of unbranched alkanes of at least 4 members (excludes halogenated alkanes) is 4. The van der Waals surface area contributed by atoms with Gasteiger partial charge in [0.05, 0.1) is 17.6 Å². The predicted molar refractivity (Wildman–Crippen MR) is 133 cm³/mol. The van der Waals surface area contributed by atoms with Crippen molar-refractivity contribution in [1.82, 2.24) is 4.90 Å². The van der Waals surface area contributed by atoms with Crippen molar-refractivity contribution in [2.75, 3.05) is 6.61 Å². The van der Waals surface area contributed by atoms with Gasteiger partial charge in [0.15, 0.2) is 11.5 Å². The fraction of sp³-hybridized carbons (Fsp3) is 0.542. The summed E-state index contributed by atoms with van der Waals surface area (Å²) in [5.74, 6) is -0.197. The first-order valence-corrected chi connectivity index (χ1v) is 12.4.